The zero-order valence-electron chi connectivity index (χ0n) is 22.5. The van der Waals surface area contributed by atoms with Gasteiger partial charge in [0.25, 0.3) is 0 Å². The minimum absolute atomic E-state index is 0.0837. The van der Waals surface area contributed by atoms with Crippen LogP contribution in [0.15, 0.2) is 91.0 Å². The normalized spacial score (nSPS) is 20.1. The molecule has 0 spiro atoms. The van der Waals surface area contributed by atoms with Crippen molar-refractivity contribution >= 4 is 17.8 Å². The van der Waals surface area contributed by atoms with Crippen LogP contribution in [0.25, 0.3) is 0 Å². The third-order valence-electron chi connectivity index (χ3n) is 7.57. The molecule has 3 aromatic carbocycles. The predicted octanol–water partition coefficient (Wildman–Crippen LogP) is 3.43. The highest BCUT2D eigenvalue weighted by atomic mass is 16.2. The molecule has 3 atom stereocenters. The van der Waals surface area contributed by atoms with E-state index in [1.165, 1.54) is 0 Å². The molecule has 204 valence electrons. The molecule has 2 saturated heterocycles. The van der Waals surface area contributed by atoms with Crippen molar-refractivity contribution in [2.75, 3.05) is 19.6 Å². The Hall–Kier alpha value is -4.61. The molecule has 0 bridgehead atoms. The Labute approximate surface area is 235 Å². The Bertz CT molecular complexity index is 1380. The van der Waals surface area contributed by atoms with Gasteiger partial charge in [-0.1, -0.05) is 96.9 Å². The second-order valence-corrected chi connectivity index (χ2v) is 10.1. The van der Waals surface area contributed by atoms with Gasteiger partial charge in [0, 0.05) is 13.0 Å². The average molecular weight is 536 g/mol. The average Bonchev–Trinajstić information content (AvgIpc) is 2.98. The monoisotopic (exact) mass is 535 g/mol. The Morgan fingerprint density at radius 3 is 2.17 bits per heavy atom. The first kappa shape index (κ1) is 27.0. The van der Waals surface area contributed by atoms with Gasteiger partial charge < -0.3 is 15.1 Å². The number of nitrogens with zero attached hydrogens (tertiary/aromatic N) is 4. The summed E-state index contributed by atoms with van der Waals surface area (Å²) in [6, 6.07) is 27.6. The second kappa shape index (κ2) is 12.1. The number of hydrogen-bond acceptors (Lipinski definition) is 4. The van der Waals surface area contributed by atoms with Crippen LogP contribution in [0, 0.1) is 12.3 Å². The van der Waals surface area contributed by atoms with Crippen molar-refractivity contribution in [3.05, 3.63) is 108 Å². The number of benzene rings is 3. The summed E-state index contributed by atoms with van der Waals surface area (Å²) in [5, 5.41) is 6.13. The molecule has 2 aliphatic heterocycles. The number of urea groups is 1. The molecule has 3 aromatic rings. The van der Waals surface area contributed by atoms with Crippen LogP contribution in [0.2, 0.25) is 0 Å². The van der Waals surface area contributed by atoms with Crippen LogP contribution in [0.4, 0.5) is 4.79 Å². The highest BCUT2D eigenvalue weighted by Gasteiger charge is 2.52. The van der Waals surface area contributed by atoms with E-state index in [9.17, 15) is 14.4 Å². The zero-order valence-corrected chi connectivity index (χ0v) is 22.5. The number of piperazine rings is 1. The van der Waals surface area contributed by atoms with Crippen LogP contribution in [-0.2, 0) is 22.6 Å². The van der Waals surface area contributed by atoms with E-state index in [4.69, 9.17) is 6.42 Å². The summed E-state index contributed by atoms with van der Waals surface area (Å²) in [5.74, 6) is 2.22. The first-order chi connectivity index (χ1) is 19.5. The molecule has 8 heteroatoms. The number of hydrazine groups is 1. The highest BCUT2D eigenvalue weighted by molar-refractivity contribution is 5.92. The number of amides is 4. The zero-order chi connectivity index (χ0) is 28.1. The van der Waals surface area contributed by atoms with Crippen molar-refractivity contribution in [2.24, 2.45) is 0 Å². The lowest BCUT2D eigenvalue weighted by Gasteiger charge is -2.55. The molecular weight excluding hydrogens is 502 g/mol. The molecule has 8 nitrogen and oxygen atoms in total. The van der Waals surface area contributed by atoms with Gasteiger partial charge in [-0.2, -0.15) is 5.01 Å². The second-order valence-electron chi connectivity index (χ2n) is 10.1. The van der Waals surface area contributed by atoms with Crippen molar-refractivity contribution in [3.8, 4) is 12.3 Å². The van der Waals surface area contributed by atoms with Gasteiger partial charge in [-0.3, -0.25) is 9.59 Å². The maximum Gasteiger partial charge on any atom is 0.334 e. The molecule has 40 heavy (non-hydrogen) atoms. The summed E-state index contributed by atoms with van der Waals surface area (Å²) < 4.78 is 0. The van der Waals surface area contributed by atoms with Crippen LogP contribution >= 0.6 is 0 Å². The van der Waals surface area contributed by atoms with Gasteiger partial charge in [0.2, 0.25) is 11.8 Å². The highest BCUT2D eigenvalue weighted by Crippen LogP contribution is 2.32. The van der Waals surface area contributed by atoms with E-state index < -0.39 is 12.2 Å². The van der Waals surface area contributed by atoms with Crippen LogP contribution in [0.5, 0.6) is 0 Å². The fourth-order valence-electron chi connectivity index (χ4n) is 5.55. The van der Waals surface area contributed by atoms with E-state index in [1.54, 1.807) is 19.8 Å². The Morgan fingerprint density at radius 1 is 0.950 bits per heavy atom. The van der Waals surface area contributed by atoms with E-state index in [0.717, 1.165) is 16.7 Å². The third kappa shape index (κ3) is 5.56. The predicted molar refractivity (Wildman–Crippen MR) is 152 cm³/mol. The lowest BCUT2D eigenvalue weighted by Crippen LogP contribution is -2.76. The summed E-state index contributed by atoms with van der Waals surface area (Å²) in [4.78, 5) is 44.9. The van der Waals surface area contributed by atoms with E-state index in [0.29, 0.717) is 13.0 Å². The summed E-state index contributed by atoms with van der Waals surface area (Å²) in [6.07, 6.45) is 5.29. The summed E-state index contributed by atoms with van der Waals surface area (Å²) >= 11 is 0. The largest absolute Gasteiger partial charge is 0.334 e. The first-order valence-corrected chi connectivity index (χ1v) is 13.5. The number of carbonyl (C=O) groups excluding carboxylic acids is 3. The fourth-order valence-corrected chi connectivity index (χ4v) is 5.55. The van der Waals surface area contributed by atoms with Crippen LogP contribution in [-0.4, -0.2) is 69.5 Å². The SMILES string of the molecule is C#CCN1CC(=O)N2C(CN(C(C)c3ccccc3)C(=O)[C@@H]2Cc2ccccc2)N1C(=O)NCc1ccccc1. The molecule has 2 heterocycles. The van der Waals surface area contributed by atoms with Gasteiger partial charge in [0.1, 0.15) is 12.2 Å². The molecule has 5 rings (SSSR count). The van der Waals surface area contributed by atoms with Crippen LogP contribution < -0.4 is 5.32 Å². The minimum atomic E-state index is -0.766. The number of hydrogen-bond donors (Lipinski definition) is 1. The van der Waals surface area contributed by atoms with Gasteiger partial charge >= 0.3 is 6.03 Å². The van der Waals surface area contributed by atoms with Gasteiger partial charge in [-0.25, -0.2) is 9.80 Å². The smallest absolute Gasteiger partial charge is 0.333 e. The lowest BCUT2D eigenvalue weighted by molar-refractivity contribution is -0.190. The van der Waals surface area contributed by atoms with Gasteiger partial charge in [-0.15, -0.1) is 6.42 Å². The number of nitrogens with one attached hydrogen (secondary N) is 1. The maximum atomic E-state index is 14.1. The van der Waals surface area contributed by atoms with E-state index >= 15 is 0 Å². The molecule has 0 saturated carbocycles. The molecule has 2 fully saturated rings. The van der Waals surface area contributed by atoms with Crippen molar-refractivity contribution in [1.82, 2.24) is 25.1 Å². The molecule has 0 aliphatic carbocycles. The Morgan fingerprint density at radius 2 is 1.55 bits per heavy atom. The quantitative estimate of drug-likeness (QED) is 0.471. The first-order valence-electron chi connectivity index (χ1n) is 13.5. The lowest BCUT2D eigenvalue weighted by atomic mass is 9.96. The van der Waals surface area contributed by atoms with E-state index in [2.05, 4.69) is 11.2 Å². The van der Waals surface area contributed by atoms with Crippen molar-refractivity contribution in [1.29, 1.82) is 0 Å². The van der Waals surface area contributed by atoms with Gasteiger partial charge in [-0.05, 0) is 23.6 Å². The topological polar surface area (TPSA) is 76.2 Å². The standard InChI is InChI=1S/C32H33N5O3/c1-3-19-34-23-30(38)36-28(20-25-13-7-4-8-14-25)31(39)35(24(2)27-17-11-6-12-18-27)22-29(36)37(34)32(40)33-21-26-15-9-5-10-16-26/h1,4-18,24,28-29H,19-23H2,2H3,(H,33,40)/t24?,28-,29?/m0/s1. The maximum absolute atomic E-state index is 14.1. The van der Waals surface area contributed by atoms with Crippen molar-refractivity contribution in [2.45, 2.75) is 38.1 Å². The number of carbonyl (C=O) groups is 3. The molecular formula is C32H33N5O3. The molecule has 4 amide bonds. The molecule has 1 N–H and O–H groups in total. The minimum Gasteiger partial charge on any atom is -0.333 e. The number of rotatable bonds is 7. The Kier molecular flexibility index (Phi) is 8.13. The fraction of sp³-hybridized carbons (Fsp3) is 0.281. The molecule has 2 aliphatic rings. The molecule has 0 aromatic heterocycles. The van der Waals surface area contributed by atoms with Crippen molar-refractivity contribution < 1.29 is 14.4 Å². The summed E-state index contributed by atoms with van der Waals surface area (Å²) in [5.41, 5.74) is 2.86. The van der Waals surface area contributed by atoms with Crippen LogP contribution in [0.3, 0.4) is 0 Å². The Balaban J connectivity index is 1.51. The van der Waals surface area contributed by atoms with Crippen molar-refractivity contribution in [3.63, 3.8) is 0 Å². The van der Waals surface area contributed by atoms with E-state index in [-0.39, 0.29) is 43.5 Å². The summed E-state index contributed by atoms with van der Waals surface area (Å²) in [7, 11) is 0. The van der Waals surface area contributed by atoms with Gasteiger partial charge in [0.05, 0.1) is 25.7 Å². The number of terminal acetylenes is 1. The van der Waals surface area contributed by atoms with Crippen LogP contribution in [0.1, 0.15) is 29.7 Å². The van der Waals surface area contributed by atoms with E-state index in [1.807, 2.05) is 97.9 Å². The van der Waals surface area contributed by atoms with Gasteiger partial charge in [0.15, 0.2) is 0 Å². The molecule has 2 unspecified atom stereocenters. The number of fused-ring (bicyclic) bond motifs is 1. The summed E-state index contributed by atoms with van der Waals surface area (Å²) in [6.45, 7) is 2.45. The third-order valence-corrected chi connectivity index (χ3v) is 7.57. The molecule has 0 radical (unpaired) electrons.